The molecule has 0 fully saturated rings. The number of hydrogen-bond acceptors (Lipinski definition) is 4. The van der Waals surface area contributed by atoms with Crippen molar-refractivity contribution in [2.24, 2.45) is 0 Å². The van der Waals surface area contributed by atoms with E-state index in [2.05, 4.69) is 15.3 Å². The minimum Gasteiger partial charge on any atom is -0.292 e. The molecular formula is C12H19F3N2OS. The molecule has 0 radical (unpaired) electrons. The van der Waals surface area contributed by atoms with Gasteiger partial charge in [0, 0.05) is 10.3 Å². The molecule has 1 N–H and O–H groups in total. The molecule has 1 atom stereocenters. The number of rotatable bonds is 4. The quantitative estimate of drug-likeness (QED) is 0.856. The standard InChI is InChI=1S/C12H19F3N2OS/c1-7-9(19-10(16-7)11(3,4)5)8(2)17-18-6-12(13,14)15/h8,17H,6H2,1-5H3. The van der Waals surface area contributed by atoms with Gasteiger partial charge in [0.25, 0.3) is 0 Å². The van der Waals surface area contributed by atoms with Gasteiger partial charge in [-0.2, -0.15) is 18.7 Å². The summed E-state index contributed by atoms with van der Waals surface area (Å²) in [5.74, 6) is 0. The first kappa shape index (κ1) is 16.4. The number of aromatic nitrogens is 1. The second kappa shape index (κ2) is 5.76. The number of aryl methyl sites for hydroxylation is 1. The molecule has 1 unspecified atom stereocenters. The predicted molar refractivity (Wildman–Crippen MR) is 69.1 cm³/mol. The summed E-state index contributed by atoms with van der Waals surface area (Å²) in [5.41, 5.74) is 3.17. The molecule has 1 rings (SSSR count). The molecule has 0 aliphatic rings. The smallest absolute Gasteiger partial charge is 0.292 e. The normalized spacial score (nSPS) is 14.7. The Hall–Kier alpha value is -0.660. The fourth-order valence-corrected chi connectivity index (χ4v) is 2.55. The van der Waals surface area contributed by atoms with E-state index in [9.17, 15) is 13.2 Å². The van der Waals surface area contributed by atoms with Gasteiger partial charge in [-0.3, -0.25) is 4.84 Å². The van der Waals surface area contributed by atoms with Crippen LogP contribution in [0.25, 0.3) is 0 Å². The van der Waals surface area contributed by atoms with Crippen LogP contribution in [0.15, 0.2) is 0 Å². The first-order valence-corrected chi connectivity index (χ1v) is 6.74. The Morgan fingerprint density at radius 2 is 1.89 bits per heavy atom. The van der Waals surface area contributed by atoms with E-state index in [0.29, 0.717) is 0 Å². The average molecular weight is 296 g/mol. The third-order valence-corrected chi connectivity index (χ3v) is 4.13. The zero-order valence-electron chi connectivity index (χ0n) is 11.7. The second-order valence-electron chi connectivity index (χ2n) is 5.46. The number of nitrogens with one attached hydrogen (secondary N) is 1. The van der Waals surface area contributed by atoms with Crippen molar-refractivity contribution in [3.8, 4) is 0 Å². The maximum absolute atomic E-state index is 12.0. The van der Waals surface area contributed by atoms with Crippen LogP contribution in [0.2, 0.25) is 0 Å². The highest BCUT2D eigenvalue weighted by atomic mass is 32.1. The highest BCUT2D eigenvalue weighted by Gasteiger charge is 2.28. The summed E-state index contributed by atoms with van der Waals surface area (Å²) >= 11 is 1.50. The molecule has 0 aromatic carbocycles. The molecule has 1 aromatic heterocycles. The van der Waals surface area contributed by atoms with Crippen LogP contribution >= 0.6 is 11.3 Å². The van der Waals surface area contributed by atoms with Crippen LogP contribution < -0.4 is 5.48 Å². The molecule has 1 aromatic rings. The molecule has 0 saturated carbocycles. The van der Waals surface area contributed by atoms with Crippen molar-refractivity contribution < 1.29 is 18.0 Å². The molecular weight excluding hydrogens is 277 g/mol. The lowest BCUT2D eigenvalue weighted by Crippen LogP contribution is -2.26. The van der Waals surface area contributed by atoms with Crippen LogP contribution in [-0.2, 0) is 10.3 Å². The first-order chi connectivity index (χ1) is 8.50. The number of alkyl halides is 3. The Morgan fingerprint density at radius 3 is 2.32 bits per heavy atom. The monoisotopic (exact) mass is 296 g/mol. The maximum Gasteiger partial charge on any atom is 0.413 e. The minimum absolute atomic E-state index is 0.0692. The molecule has 19 heavy (non-hydrogen) atoms. The SMILES string of the molecule is Cc1nc(C(C)(C)C)sc1C(C)NOCC(F)(F)F. The molecule has 0 aliphatic heterocycles. The summed E-state index contributed by atoms with van der Waals surface area (Å²) in [6, 6.07) is -0.323. The summed E-state index contributed by atoms with van der Waals surface area (Å²) in [6.07, 6.45) is -4.33. The van der Waals surface area contributed by atoms with Crippen LogP contribution in [-0.4, -0.2) is 17.8 Å². The van der Waals surface area contributed by atoms with E-state index < -0.39 is 12.8 Å². The number of hydrogen-bond donors (Lipinski definition) is 1. The Labute approximate surface area is 115 Å². The maximum atomic E-state index is 12.0. The molecule has 0 bridgehead atoms. The largest absolute Gasteiger partial charge is 0.413 e. The van der Waals surface area contributed by atoms with E-state index in [-0.39, 0.29) is 11.5 Å². The lowest BCUT2D eigenvalue weighted by atomic mass is 9.98. The van der Waals surface area contributed by atoms with E-state index in [4.69, 9.17) is 0 Å². The van der Waals surface area contributed by atoms with E-state index in [0.717, 1.165) is 15.6 Å². The number of nitrogens with zero attached hydrogens (tertiary/aromatic N) is 1. The van der Waals surface area contributed by atoms with Crippen LogP contribution in [0.5, 0.6) is 0 Å². The fraction of sp³-hybridized carbons (Fsp3) is 0.750. The van der Waals surface area contributed by atoms with Crippen molar-refractivity contribution in [2.45, 2.75) is 52.3 Å². The van der Waals surface area contributed by atoms with Crippen molar-refractivity contribution in [3.63, 3.8) is 0 Å². The van der Waals surface area contributed by atoms with Gasteiger partial charge in [-0.15, -0.1) is 11.3 Å². The molecule has 7 heteroatoms. The molecule has 110 valence electrons. The Balaban J connectivity index is 2.67. The van der Waals surface area contributed by atoms with Gasteiger partial charge in [0.1, 0.15) is 0 Å². The minimum atomic E-state index is -4.33. The summed E-state index contributed by atoms with van der Waals surface area (Å²) < 4.78 is 35.9. The van der Waals surface area contributed by atoms with Gasteiger partial charge in [0.2, 0.25) is 0 Å². The van der Waals surface area contributed by atoms with Gasteiger partial charge in [0.15, 0.2) is 6.61 Å². The summed E-state index contributed by atoms with van der Waals surface area (Å²) in [5, 5.41) is 0.962. The predicted octanol–water partition coefficient (Wildman–Crippen LogP) is 3.89. The van der Waals surface area contributed by atoms with Gasteiger partial charge >= 0.3 is 6.18 Å². The Bertz CT molecular complexity index is 424. The molecule has 0 aliphatic carbocycles. The van der Waals surface area contributed by atoms with Crippen LogP contribution in [0, 0.1) is 6.92 Å². The molecule has 0 spiro atoms. The fourth-order valence-electron chi connectivity index (χ4n) is 1.43. The number of hydroxylamine groups is 1. The third-order valence-electron chi connectivity index (χ3n) is 2.36. The summed E-state index contributed by atoms with van der Waals surface area (Å²) in [7, 11) is 0. The molecule has 1 heterocycles. The van der Waals surface area contributed by atoms with Crippen molar-refractivity contribution >= 4 is 11.3 Å². The first-order valence-electron chi connectivity index (χ1n) is 5.92. The zero-order valence-corrected chi connectivity index (χ0v) is 12.5. The topological polar surface area (TPSA) is 34.2 Å². The van der Waals surface area contributed by atoms with Gasteiger partial charge in [-0.05, 0) is 13.8 Å². The zero-order chi connectivity index (χ0) is 14.8. The average Bonchev–Trinajstić information content (AvgIpc) is 2.57. The lowest BCUT2D eigenvalue weighted by Gasteiger charge is -2.15. The van der Waals surface area contributed by atoms with Crippen molar-refractivity contribution in [2.75, 3.05) is 6.61 Å². The van der Waals surface area contributed by atoms with E-state index in [1.807, 2.05) is 27.7 Å². The van der Waals surface area contributed by atoms with Crippen LogP contribution in [0.3, 0.4) is 0 Å². The van der Waals surface area contributed by atoms with Gasteiger partial charge in [-0.1, -0.05) is 20.8 Å². The molecule has 0 amide bonds. The van der Waals surface area contributed by atoms with Crippen molar-refractivity contribution in [1.29, 1.82) is 0 Å². The van der Waals surface area contributed by atoms with Crippen molar-refractivity contribution in [1.82, 2.24) is 10.5 Å². The summed E-state index contributed by atoms with van der Waals surface area (Å²) in [4.78, 5) is 9.82. The Morgan fingerprint density at radius 1 is 1.32 bits per heavy atom. The highest BCUT2D eigenvalue weighted by molar-refractivity contribution is 7.12. The third kappa shape index (κ3) is 5.08. The van der Waals surface area contributed by atoms with E-state index >= 15 is 0 Å². The highest BCUT2D eigenvalue weighted by Crippen LogP contribution is 2.32. The van der Waals surface area contributed by atoms with Gasteiger partial charge in [-0.25, -0.2) is 4.98 Å². The molecule has 3 nitrogen and oxygen atoms in total. The second-order valence-corrected chi connectivity index (χ2v) is 6.49. The number of halogens is 3. The van der Waals surface area contributed by atoms with E-state index in [1.54, 1.807) is 6.92 Å². The van der Waals surface area contributed by atoms with Crippen LogP contribution in [0.1, 0.15) is 49.3 Å². The van der Waals surface area contributed by atoms with Crippen LogP contribution in [0.4, 0.5) is 13.2 Å². The van der Waals surface area contributed by atoms with E-state index in [1.165, 1.54) is 11.3 Å². The Kier molecular flexibility index (Phi) is 4.97. The van der Waals surface area contributed by atoms with Gasteiger partial charge in [0.05, 0.1) is 16.7 Å². The number of thiazole rings is 1. The molecule has 0 saturated heterocycles. The lowest BCUT2D eigenvalue weighted by molar-refractivity contribution is -0.192. The van der Waals surface area contributed by atoms with Gasteiger partial charge < -0.3 is 0 Å². The summed E-state index contributed by atoms with van der Waals surface area (Å²) in [6.45, 7) is 8.45. The van der Waals surface area contributed by atoms with Crippen molar-refractivity contribution in [3.05, 3.63) is 15.6 Å².